The second-order valence-electron chi connectivity index (χ2n) is 3.80. The molecule has 0 fully saturated rings. The van der Waals surface area contributed by atoms with Crippen molar-refractivity contribution in [1.29, 1.82) is 0 Å². The summed E-state index contributed by atoms with van der Waals surface area (Å²) in [4.78, 5) is 36.6. The molecule has 5 heteroatoms. The quantitative estimate of drug-likeness (QED) is 0.629. The number of hydrogen-bond acceptors (Lipinski definition) is 3. The van der Waals surface area contributed by atoms with Gasteiger partial charge >= 0.3 is 0 Å². The van der Waals surface area contributed by atoms with Crippen LogP contribution < -0.4 is 0 Å². The molecule has 0 radical (unpaired) electrons. The van der Waals surface area contributed by atoms with E-state index in [1.54, 1.807) is 31.2 Å². The summed E-state index contributed by atoms with van der Waals surface area (Å²) >= 11 is 3.04. The number of carbonyl (C=O) groups is 3. The van der Waals surface area contributed by atoms with E-state index in [1.807, 2.05) is 0 Å². The number of fused-ring (bicyclic) bond motifs is 1. The van der Waals surface area contributed by atoms with Gasteiger partial charge in [0.25, 0.3) is 11.8 Å². The summed E-state index contributed by atoms with van der Waals surface area (Å²) in [6.07, 6.45) is 0. The first-order valence-corrected chi connectivity index (χ1v) is 6.25. The number of benzene rings is 1. The number of Topliss-reactive ketones (excluding diaryl/α,β-unsaturated/α-hetero) is 1. The van der Waals surface area contributed by atoms with Crippen molar-refractivity contribution in [3.8, 4) is 0 Å². The second kappa shape index (κ2) is 4.41. The average molecular weight is 296 g/mol. The van der Waals surface area contributed by atoms with Gasteiger partial charge in [0.15, 0.2) is 5.78 Å². The Morgan fingerprint density at radius 1 is 1.24 bits per heavy atom. The van der Waals surface area contributed by atoms with Crippen molar-refractivity contribution in [3.05, 3.63) is 35.4 Å². The average Bonchev–Trinajstić information content (AvgIpc) is 2.61. The van der Waals surface area contributed by atoms with Crippen LogP contribution in [0.3, 0.4) is 0 Å². The molecule has 0 spiro atoms. The molecule has 1 atom stereocenters. The number of hydrogen-bond donors (Lipinski definition) is 0. The van der Waals surface area contributed by atoms with Gasteiger partial charge in [-0.25, -0.2) is 0 Å². The molecule has 0 saturated heterocycles. The Bertz CT molecular complexity index is 477. The summed E-state index contributed by atoms with van der Waals surface area (Å²) in [6.45, 7) is 1.56. The summed E-state index contributed by atoms with van der Waals surface area (Å²) < 4.78 is 0. The van der Waals surface area contributed by atoms with E-state index in [2.05, 4.69) is 15.9 Å². The number of amides is 2. The summed E-state index contributed by atoms with van der Waals surface area (Å²) in [5.74, 6) is -0.987. The normalized spacial score (nSPS) is 16.0. The van der Waals surface area contributed by atoms with Crippen LogP contribution >= 0.6 is 15.9 Å². The van der Waals surface area contributed by atoms with Crippen LogP contribution in [0.25, 0.3) is 0 Å². The Labute approximate surface area is 107 Å². The predicted molar refractivity (Wildman–Crippen MR) is 65.2 cm³/mol. The fourth-order valence-corrected chi connectivity index (χ4v) is 2.28. The lowest BCUT2D eigenvalue weighted by atomic mass is 10.1. The zero-order valence-electron chi connectivity index (χ0n) is 9.14. The first kappa shape index (κ1) is 12.0. The lowest BCUT2D eigenvalue weighted by Crippen LogP contribution is -2.43. The Balaban J connectivity index is 2.40. The number of imide groups is 1. The molecule has 0 aliphatic carbocycles. The molecule has 1 aliphatic heterocycles. The van der Waals surface area contributed by atoms with Crippen molar-refractivity contribution < 1.29 is 14.4 Å². The Morgan fingerprint density at radius 3 is 2.12 bits per heavy atom. The molecular weight excluding hydrogens is 286 g/mol. The molecule has 4 nitrogen and oxygen atoms in total. The molecule has 2 amide bonds. The molecule has 17 heavy (non-hydrogen) atoms. The molecule has 1 unspecified atom stereocenters. The summed E-state index contributed by atoms with van der Waals surface area (Å²) in [7, 11) is 0. The van der Waals surface area contributed by atoms with E-state index in [9.17, 15) is 14.4 Å². The molecule has 1 aromatic carbocycles. The van der Waals surface area contributed by atoms with E-state index in [-0.39, 0.29) is 11.1 Å². The maximum atomic E-state index is 12.0. The molecule has 0 saturated carbocycles. The lowest BCUT2D eigenvalue weighted by molar-refractivity contribution is -0.119. The largest absolute Gasteiger partial charge is 0.296 e. The number of halogens is 1. The van der Waals surface area contributed by atoms with E-state index in [0.717, 1.165) is 4.90 Å². The van der Waals surface area contributed by atoms with Gasteiger partial charge in [-0.2, -0.15) is 0 Å². The second-order valence-corrected chi connectivity index (χ2v) is 4.36. The standard InChI is InChI=1S/C12H10BrNO3/c1-7(10(15)6-13)14-11(16)8-4-2-3-5-9(8)12(14)17/h2-5,7H,6H2,1H3. The number of carbonyl (C=O) groups excluding carboxylic acids is 3. The van der Waals surface area contributed by atoms with Gasteiger partial charge in [-0.15, -0.1) is 0 Å². The van der Waals surface area contributed by atoms with Crippen molar-refractivity contribution in [2.45, 2.75) is 13.0 Å². The Kier molecular flexibility index (Phi) is 3.11. The minimum Gasteiger partial charge on any atom is -0.296 e. The van der Waals surface area contributed by atoms with Crippen LogP contribution in [0.4, 0.5) is 0 Å². The Hall–Kier alpha value is -1.49. The van der Waals surface area contributed by atoms with Crippen LogP contribution in [0.1, 0.15) is 27.6 Å². The smallest absolute Gasteiger partial charge is 0.262 e. The highest BCUT2D eigenvalue weighted by Gasteiger charge is 2.39. The summed E-state index contributed by atoms with van der Waals surface area (Å²) in [6, 6.07) is 5.86. The van der Waals surface area contributed by atoms with Crippen LogP contribution in [-0.2, 0) is 4.79 Å². The predicted octanol–water partition coefficient (Wildman–Crippen LogP) is 1.64. The molecule has 1 aliphatic rings. The minimum absolute atomic E-state index is 0.127. The number of alkyl halides is 1. The maximum Gasteiger partial charge on any atom is 0.262 e. The summed E-state index contributed by atoms with van der Waals surface area (Å²) in [5, 5.41) is 0.127. The van der Waals surface area contributed by atoms with Crippen molar-refractivity contribution >= 4 is 33.5 Å². The molecule has 0 aromatic heterocycles. The minimum atomic E-state index is -0.734. The van der Waals surface area contributed by atoms with Gasteiger partial charge in [-0.3, -0.25) is 19.3 Å². The van der Waals surface area contributed by atoms with Crippen molar-refractivity contribution in [2.75, 3.05) is 5.33 Å². The molecule has 0 bridgehead atoms. The van der Waals surface area contributed by atoms with Crippen molar-refractivity contribution in [1.82, 2.24) is 4.90 Å². The van der Waals surface area contributed by atoms with E-state index in [4.69, 9.17) is 0 Å². The molecule has 88 valence electrons. The lowest BCUT2D eigenvalue weighted by Gasteiger charge is -2.20. The van der Waals surface area contributed by atoms with Gasteiger partial charge in [-0.1, -0.05) is 28.1 Å². The number of nitrogens with zero attached hydrogens (tertiary/aromatic N) is 1. The molecule has 1 heterocycles. The third-order valence-corrected chi connectivity index (χ3v) is 3.36. The number of rotatable bonds is 3. The van der Waals surface area contributed by atoms with E-state index in [0.29, 0.717) is 11.1 Å². The third-order valence-electron chi connectivity index (χ3n) is 2.81. The van der Waals surface area contributed by atoms with E-state index in [1.165, 1.54) is 0 Å². The first-order chi connectivity index (χ1) is 8.07. The first-order valence-electron chi connectivity index (χ1n) is 5.13. The Morgan fingerprint density at radius 2 is 1.71 bits per heavy atom. The van der Waals surface area contributed by atoms with Gasteiger partial charge in [0, 0.05) is 0 Å². The van der Waals surface area contributed by atoms with Crippen LogP contribution in [0.5, 0.6) is 0 Å². The van der Waals surface area contributed by atoms with Crippen LogP contribution in [0.2, 0.25) is 0 Å². The highest BCUT2D eigenvalue weighted by atomic mass is 79.9. The van der Waals surface area contributed by atoms with Gasteiger partial charge < -0.3 is 0 Å². The van der Waals surface area contributed by atoms with Gasteiger partial charge in [0.2, 0.25) is 0 Å². The fraction of sp³-hybridized carbons (Fsp3) is 0.250. The number of ketones is 1. The monoisotopic (exact) mass is 295 g/mol. The SMILES string of the molecule is CC(C(=O)CBr)N1C(=O)c2ccccc2C1=O. The highest BCUT2D eigenvalue weighted by Crippen LogP contribution is 2.24. The van der Waals surface area contributed by atoms with Crippen molar-refractivity contribution in [3.63, 3.8) is 0 Å². The topological polar surface area (TPSA) is 54.5 Å². The van der Waals surface area contributed by atoms with Crippen LogP contribution in [0, 0.1) is 0 Å². The van der Waals surface area contributed by atoms with Gasteiger partial charge in [0.1, 0.15) is 0 Å². The molecular formula is C12H10BrNO3. The van der Waals surface area contributed by atoms with Crippen molar-refractivity contribution in [2.24, 2.45) is 0 Å². The third kappa shape index (κ3) is 1.80. The van der Waals surface area contributed by atoms with Gasteiger partial charge in [-0.05, 0) is 19.1 Å². The summed E-state index contributed by atoms with van der Waals surface area (Å²) in [5.41, 5.74) is 0.735. The molecule has 2 rings (SSSR count). The van der Waals surface area contributed by atoms with Crippen LogP contribution in [0.15, 0.2) is 24.3 Å². The van der Waals surface area contributed by atoms with E-state index < -0.39 is 17.9 Å². The fourth-order valence-electron chi connectivity index (χ4n) is 1.82. The molecule has 1 aromatic rings. The molecule has 0 N–H and O–H groups in total. The maximum absolute atomic E-state index is 12.0. The van der Waals surface area contributed by atoms with E-state index >= 15 is 0 Å². The zero-order valence-corrected chi connectivity index (χ0v) is 10.7. The zero-order chi connectivity index (χ0) is 12.6. The van der Waals surface area contributed by atoms with Gasteiger partial charge in [0.05, 0.1) is 22.5 Å². The van der Waals surface area contributed by atoms with Crippen LogP contribution in [-0.4, -0.2) is 33.9 Å². The highest BCUT2D eigenvalue weighted by molar-refractivity contribution is 9.09.